The minimum Gasteiger partial charge on any atom is -0.493 e. The first-order valence-corrected chi connectivity index (χ1v) is 15.6. The molecule has 1 N–H and O–H groups in total. The van der Waals surface area contributed by atoms with Gasteiger partial charge in [0, 0.05) is 20.4 Å². The molecular weight excluding hydrogens is 576 g/mol. The summed E-state index contributed by atoms with van der Waals surface area (Å²) in [6.45, 7) is 8.00. The van der Waals surface area contributed by atoms with Crippen molar-refractivity contribution in [2.75, 3.05) is 34.4 Å². The van der Waals surface area contributed by atoms with Gasteiger partial charge in [-0.3, -0.25) is 9.63 Å². The molecule has 0 saturated carbocycles. The van der Waals surface area contributed by atoms with Gasteiger partial charge in [-0.15, -0.1) is 10.1 Å². The maximum atomic E-state index is 11.6. The summed E-state index contributed by atoms with van der Waals surface area (Å²) in [5.74, 6) is -0.396. The fourth-order valence-electron chi connectivity index (χ4n) is 5.45. The Morgan fingerprint density at radius 1 is 1.04 bits per heavy atom. The molecule has 2 rings (SSSR count). The van der Waals surface area contributed by atoms with Gasteiger partial charge in [0.15, 0.2) is 11.5 Å². The second-order valence-corrected chi connectivity index (χ2v) is 11.7. The second kappa shape index (κ2) is 18.1. The van der Waals surface area contributed by atoms with Gasteiger partial charge < -0.3 is 24.4 Å². The number of nitrogens with zero attached hydrogens (tertiary/aromatic N) is 3. The van der Waals surface area contributed by atoms with Gasteiger partial charge in [0.1, 0.15) is 5.75 Å². The van der Waals surface area contributed by atoms with E-state index in [0.717, 1.165) is 56.2 Å². The molecule has 0 aromatic heterocycles. The third-order valence-corrected chi connectivity index (χ3v) is 8.26. The number of amides is 1. The van der Waals surface area contributed by atoms with Gasteiger partial charge in [-0.2, -0.15) is 5.26 Å². The number of ether oxygens (including phenoxy) is 3. The summed E-state index contributed by atoms with van der Waals surface area (Å²) >= 11 is 0. The lowest BCUT2D eigenvalue weighted by molar-refractivity contribution is -0.793. The minimum absolute atomic E-state index is 0.355. The molecule has 45 heavy (non-hydrogen) atoms. The Bertz CT molecular complexity index is 1280. The molecule has 3 atom stereocenters. The van der Waals surface area contributed by atoms with E-state index < -0.39 is 22.3 Å². The van der Waals surface area contributed by atoms with Crippen molar-refractivity contribution in [1.29, 1.82) is 5.26 Å². The molecule has 0 heterocycles. The topological polar surface area (TPSA) is 136 Å². The van der Waals surface area contributed by atoms with Crippen LogP contribution in [0.15, 0.2) is 42.5 Å². The average Bonchev–Trinajstić information content (AvgIpc) is 3.00. The average molecular weight is 627 g/mol. The van der Waals surface area contributed by atoms with Crippen LogP contribution in [0.4, 0.5) is 0 Å². The van der Waals surface area contributed by atoms with E-state index in [2.05, 4.69) is 23.2 Å². The Kier molecular flexibility index (Phi) is 14.9. The number of benzene rings is 2. The molecule has 11 heteroatoms. The molecule has 1 amide bonds. The monoisotopic (exact) mass is 626 g/mol. The smallest absolute Gasteiger partial charge is 0.298 e. The highest BCUT2D eigenvalue weighted by atomic mass is 17.0. The Labute approximate surface area is 267 Å². The first kappa shape index (κ1) is 37.1. The standard InChI is InChI=1S/C34H50N4O7/c1-8-9-10-13-20-34(25-35,29-17-18-31(42-6)32(24-29)43-7)21-14-22-37(5)23-19-28-15-11-12-16-30(28)44-33(4,45-38(40)41)26(2)36-27(3)39/h11-12,15-18,24,26H,8-10,13-14,19-23H2,1-7H3,(H,36,39). The summed E-state index contributed by atoms with van der Waals surface area (Å²) in [5, 5.41) is 23.5. The van der Waals surface area contributed by atoms with E-state index in [0.29, 0.717) is 36.6 Å². The van der Waals surface area contributed by atoms with Gasteiger partial charge in [0.25, 0.3) is 10.9 Å². The number of para-hydroxylation sites is 1. The Hall–Kier alpha value is -4.04. The number of nitriles is 1. The highest BCUT2D eigenvalue weighted by Crippen LogP contribution is 2.39. The van der Waals surface area contributed by atoms with Crippen LogP contribution in [0.2, 0.25) is 0 Å². The molecule has 0 aliphatic rings. The third kappa shape index (κ3) is 11.1. The second-order valence-electron chi connectivity index (χ2n) is 11.7. The van der Waals surface area contributed by atoms with Crippen LogP contribution < -0.4 is 19.5 Å². The molecule has 0 spiro atoms. The van der Waals surface area contributed by atoms with Gasteiger partial charge in [0.05, 0.1) is 31.7 Å². The van der Waals surface area contributed by atoms with Crippen molar-refractivity contribution in [3.63, 3.8) is 0 Å². The van der Waals surface area contributed by atoms with Crippen molar-refractivity contribution in [3.05, 3.63) is 63.7 Å². The van der Waals surface area contributed by atoms with E-state index in [1.807, 2.05) is 37.4 Å². The van der Waals surface area contributed by atoms with Crippen molar-refractivity contribution >= 4 is 5.91 Å². The lowest BCUT2D eigenvalue weighted by Gasteiger charge is -2.34. The summed E-state index contributed by atoms with van der Waals surface area (Å²) in [4.78, 5) is 30.0. The van der Waals surface area contributed by atoms with Crippen LogP contribution in [0.3, 0.4) is 0 Å². The quantitative estimate of drug-likeness (QED) is 0.0741. The molecule has 2 aromatic rings. The number of hydrogen-bond donors (Lipinski definition) is 1. The van der Waals surface area contributed by atoms with Gasteiger partial charge in [-0.05, 0) is 75.5 Å². The maximum absolute atomic E-state index is 11.6. The van der Waals surface area contributed by atoms with E-state index in [-0.39, 0.29) is 5.91 Å². The number of carbonyl (C=O) groups excluding carboxylic acids is 1. The Morgan fingerprint density at radius 2 is 1.73 bits per heavy atom. The fraction of sp³-hybridized carbons (Fsp3) is 0.588. The molecule has 3 unspecified atom stereocenters. The maximum Gasteiger partial charge on any atom is 0.298 e. The number of carbonyl (C=O) groups is 1. The molecule has 0 saturated heterocycles. The molecule has 0 aliphatic heterocycles. The first-order chi connectivity index (χ1) is 21.4. The normalized spacial score (nSPS) is 14.4. The molecule has 248 valence electrons. The van der Waals surface area contributed by atoms with Crippen molar-refractivity contribution < 1.29 is 28.9 Å². The molecule has 2 aromatic carbocycles. The van der Waals surface area contributed by atoms with Crippen LogP contribution in [0.25, 0.3) is 0 Å². The highest BCUT2D eigenvalue weighted by Gasteiger charge is 2.39. The Morgan fingerprint density at radius 3 is 2.36 bits per heavy atom. The molecule has 0 bridgehead atoms. The van der Waals surface area contributed by atoms with E-state index in [4.69, 9.17) is 19.0 Å². The molecule has 0 aliphatic carbocycles. The van der Waals surface area contributed by atoms with E-state index in [9.17, 15) is 20.2 Å². The summed E-state index contributed by atoms with van der Waals surface area (Å²) < 4.78 is 17.0. The number of unbranched alkanes of at least 4 members (excludes halogenated alkanes) is 3. The molecule has 0 radical (unpaired) electrons. The van der Waals surface area contributed by atoms with Crippen molar-refractivity contribution in [2.24, 2.45) is 0 Å². The summed E-state index contributed by atoms with van der Waals surface area (Å²) in [5.41, 5.74) is 1.16. The van der Waals surface area contributed by atoms with Crippen LogP contribution >= 0.6 is 0 Å². The minimum atomic E-state index is -1.74. The van der Waals surface area contributed by atoms with Gasteiger partial charge >= 0.3 is 0 Å². The SMILES string of the molecule is CCCCCCC(C#N)(CCCN(C)CCc1ccccc1OC(C)(O[N+](=O)[O-])C(C)NC(C)=O)c1ccc(OC)c(OC)c1. The highest BCUT2D eigenvalue weighted by molar-refractivity contribution is 5.73. The largest absolute Gasteiger partial charge is 0.493 e. The van der Waals surface area contributed by atoms with E-state index in [1.54, 1.807) is 33.3 Å². The predicted octanol–water partition coefficient (Wildman–Crippen LogP) is 6.22. The third-order valence-electron chi connectivity index (χ3n) is 8.26. The fourth-order valence-corrected chi connectivity index (χ4v) is 5.45. The van der Waals surface area contributed by atoms with Crippen LogP contribution in [-0.4, -0.2) is 62.1 Å². The number of nitrogens with one attached hydrogen (secondary N) is 1. The van der Waals surface area contributed by atoms with Crippen molar-refractivity contribution in [2.45, 2.75) is 96.3 Å². The zero-order valence-electron chi connectivity index (χ0n) is 27.9. The van der Waals surface area contributed by atoms with E-state index in [1.165, 1.54) is 13.8 Å². The first-order valence-electron chi connectivity index (χ1n) is 15.6. The number of methoxy groups -OCH3 is 2. The summed E-state index contributed by atoms with van der Waals surface area (Å²) in [7, 11) is 5.24. The zero-order valence-corrected chi connectivity index (χ0v) is 27.9. The lowest BCUT2D eigenvalue weighted by Crippen LogP contribution is -2.55. The Balaban J connectivity index is 2.13. The molecule has 0 fully saturated rings. The summed E-state index contributed by atoms with van der Waals surface area (Å²) in [6.07, 6.45) is 7.24. The zero-order chi connectivity index (χ0) is 33.5. The van der Waals surface area contributed by atoms with Crippen LogP contribution in [0.5, 0.6) is 17.2 Å². The number of hydrogen-bond acceptors (Lipinski definition) is 9. The molecular formula is C34H50N4O7. The van der Waals surface area contributed by atoms with Crippen LogP contribution in [-0.2, 0) is 21.5 Å². The van der Waals surface area contributed by atoms with Crippen molar-refractivity contribution in [1.82, 2.24) is 10.2 Å². The number of rotatable bonds is 21. The molecule has 11 nitrogen and oxygen atoms in total. The van der Waals surface area contributed by atoms with Crippen LogP contribution in [0, 0.1) is 21.4 Å². The lowest BCUT2D eigenvalue weighted by atomic mass is 9.74. The van der Waals surface area contributed by atoms with Gasteiger partial charge in [-0.25, -0.2) is 0 Å². The predicted molar refractivity (Wildman–Crippen MR) is 173 cm³/mol. The van der Waals surface area contributed by atoms with Crippen LogP contribution in [0.1, 0.15) is 83.8 Å². The summed E-state index contributed by atoms with van der Waals surface area (Å²) in [6, 6.07) is 15.0. The van der Waals surface area contributed by atoms with Crippen molar-refractivity contribution in [3.8, 4) is 23.3 Å². The number of likely N-dealkylation sites (N-methyl/N-ethyl adjacent to an activating group) is 1. The van der Waals surface area contributed by atoms with Gasteiger partial charge in [0.2, 0.25) is 5.91 Å². The van der Waals surface area contributed by atoms with Gasteiger partial charge in [-0.1, -0.05) is 56.9 Å². The van der Waals surface area contributed by atoms with E-state index >= 15 is 0 Å².